The zero-order chi connectivity index (χ0) is 25.8. The van der Waals surface area contributed by atoms with Gasteiger partial charge in [0, 0.05) is 41.6 Å². The number of rotatable bonds is 8. The molecule has 1 aromatic heterocycles. The number of aromatic nitrogens is 1. The fraction of sp³-hybridized carbons (Fsp3) is 0.222. The number of methoxy groups -OCH3 is 1. The van der Waals surface area contributed by atoms with E-state index in [1.165, 1.54) is 6.07 Å². The van der Waals surface area contributed by atoms with E-state index < -0.39 is 10.0 Å². The molecule has 3 aromatic carbocycles. The molecule has 37 heavy (non-hydrogen) atoms. The zero-order valence-corrected chi connectivity index (χ0v) is 21.2. The molecule has 10 heteroatoms. The van der Waals surface area contributed by atoms with Crippen molar-refractivity contribution >= 4 is 43.9 Å². The Kier molecular flexibility index (Phi) is 7.02. The van der Waals surface area contributed by atoms with Gasteiger partial charge >= 0.3 is 0 Å². The lowest BCUT2D eigenvalue weighted by molar-refractivity contribution is -0.115. The second-order valence-corrected chi connectivity index (χ2v) is 10.4. The molecule has 2 heterocycles. The van der Waals surface area contributed by atoms with E-state index in [4.69, 9.17) is 9.47 Å². The number of fused-ring (bicyclic) bond motifs is 1. The van der Waals surface area contributed by atoms with Crippen LogP contribution in [0.25, 0.3) is 10.9 Å². The molecule has 1 saturated heterocycles. The summed E-state index contributed by atoms with van der Waals surface area (Å²) >= 11 is 0. The number of sulfonamides is 1. The van der Waals surface area contributed by atoms with Crippen molar-refractivity contribution in [2.45, 2.75) is 11.3 Å². The Morgan fingerprint density at radius 1 is 1.03 bits per heavy atom. The van der Waals surface area contributed by atoms with Gasteiger partial charge < -0.3 is 24.7 Å². The van der Waals surface area contributed by atoms with Crippen molar-refractivity contribution in [1.29, 1.82) is 0 Å². The molecule has 1 fully saturated rings. The van der Waals surface area contributed by atoms with Gasteiger partial charge in [-0.05, 0) is 54.1 Å². The normalized spacial score (nSPS) is 13.9. The van der Waals surface area contributed by atoms with Gasteiger partial charge in [0.1, 0.15) is 10.6 Å². The summed E-state index contributed by atoms with van der Waals surface area (Å²) in [5.41, 5.74) is 3.18. The number of morpholine rings is 1. The van der Waals surface area contributed by atoms with Crippen LogP contribution in [0, 0.1) is 0 Å². The number of nitrogens with one attached hydrogen (secondary N) is 3. The summed E-state index contributed by atoms with van der Waals surface area (Å²) < 4.78 is 40.3. The lowest BCUT2D eigenvalue weighted by Crippen LogP contribution is -2.37. The highest BCUT2D eigenvalue weighted by Crippen LogP contribution is 2.31. The van der Waals surface area contributed by atoms with E-state index in [-0.39, 0.29) is 17.2 Å². The Hall–Kier alpha value is -4.02. The molecule has 0 spiro atoms. The van der Waals surface area contributed by atoms with E-state index in [0.29, 0.717) is 49.1 Å². The van der Waals surface area contributed by atoms with Crippen LogP contribution in [0.5, 0.6) is 5.75 Å². The van der Waals surface area contributed by atoms with Gasteiger partial charge in [-0.2, -0.15) is 0 Å². The van der Waals surface area contributed by atoms with Gasteiger partial charge in [0.2, 0.25) is 5.91 Å². The van der Waals surface area contributed by atoms with E-state index >= 15 is 0 Å². The van der Waals surface area contributed by atoms with Crippen molar-refractivity contribution in [3.8, 4) is 5.75 Å². The average Bonchev–Trinajstić information content (AvgIpc) is 3.32. The van der Waals surface area contributed by atoms with Crippen LogP contribution in [0.1, 0.15) is 5.56 Å². The predicted octanol–water partition coefficient (Wildman–Crippen LogP) is 4.00. The number of benzene rings is 3. The van der Waals surface area contributed by atoms with E-state index in [1.807, 2.05) is 35.4 Å². The van der Waals surface area contributed by atoms with Crippen LogP contribution < -0.4 is 19.7 Å². The topological polar surface area (TPSA) is 113 Å². The molecular formula is C27H28N4O5S. The summed E-state index contributed by atoms with van der Waals surface area (Å²) in [5, 5.41) is 3.84. The second kappa shape index (κ2) is 10.5. The number of anilines is 3. The van der Waals surface area contributed by atoms with Gasteiger partial charge in [0.05, 0.1) is 32.4 Å². The molecule has 9 nitrogen and oxygen atoms in total. The highest BCUT2D eigenvalue weighted by atomic mass is 32.2. The Balaban J connectivity index is 1.42. The van der Waals surface area contributed by atoms with Crippen LogP contribution in [-0.4, -0.2) is 52.7 Å². The lowest BCUT2D eigenvalue weighted by atomic mass is 10.1. The number of nitrogens with zero attached hydrogens (tertiary/aromatic N) is 1. The summed E-state index contributed by atoms with van der Waals surface area (Å²) in [7, 11) is -2.43. The summed E-state index contributed by atoms with van der Waals surface area (Å²) in [4.78, 5) is 18.1. The quantitative estimate of drug-likeness (QED) is 0.324. The number of para-hydroxylation sites is 1. The fourth-order valence-corrected chi connectivity index (χ4v) is 5.71. The highest BCUT2D eigenvalue weighted by Gasteiger charge is 2.25. The third kappa shape index (κ3) is 5.55. The van der Waals surface area contributed by atoms with E-state index in [0.717, 1.165) is 16.5 Å². The van der Waals surface area contributed by atoms with Crippen molar-refractivity contribution in [1.82, 2.24) is 4.98 Å². The van der Waals surface area contributed by atoms with Crippen LogP contribution in [-0.2, 0) is 26.0 Å². The van der Waals surface area contributed by atoms with Crippen LogP contribution in [0.2, 0.25) is 0 Å². The average molecular weight is 521 g/mol. The first-order valence-corrected chi connectivity index (χ1v) is 13.4. The minimum atomic E-state index is -3.98. The van der Waals surface area contributed by atoms with Crippen molar-refractivity contribution in [3.05, 3.63) is 78.5 Å². The second-order valence-electron chi connectivity index (χ2n) is 8.70. The summed E-state index contributed by atoms with van der Waals surface area (Å²) in [6, 6.07) is 19.4. The van der Waals surface area contributed by atoms with Gasteiger partial charge in [-0.1, -0.05) is 18.2 Å². The summed E-state index contributed by atoms with van der Waals surface area (Å²) in [5.74, 6) is 0.382. The van der Waals surface area contributed by atoms with Gasteiger partial charge in [-0.3, -0.25) is 9.52 Å². The van der Waals surface area contributed by atoms with Crippen molar-refractivity contribution in [2.75, 3.05) is 48.4 Å². The van der Waals surface area contributed by atoms with Crippen LogP contribution >= 0.6 is 0 Å². The summed E-state index contributed by atoms with van der Waals surface area (Å²) in [6.45, 7) is 2.15. The first-order chi connectivity index (χ1) is 17.9. The van der Waals surface area contributed by atoms with Crippen molar-refractivity contribution in [3.63, 3.8) is 0 Å². The molecule has 0 atom stereocenters. The fourth-order valence-electron chi connectivity index (χ4n) is 4.40. The molecule has 3 N–H and O–H groups in total. The standard InChI is InChI=1S/C27H28N4O5S/c1-35-22-9-6-20(7-10-22)30-37(33,34)26-17-21(8-11-25(26)31-12-14-36-15-13-31)29-27(32)16-19-18-28-24-5-3-2-4-23(19)24/h2-11,17-18,28,30H,12-16H2,1H3,(H,29,32). The van der Waals surface area contributed by atoms with E-state index in [9.17, 15) is 13.2 Å². The van der Waals surface area contributed by atoms with Crippen LogP contribution in [0.3, 0.4) is 0 Å². The molecule has 0 aliphatic carbocycles. The summed E-state index contributed by atoms with van der Waals surface area (Å²) in [6.07, 6.45) is 1.97. The molecule has 0 bridgehead atoms. The molecule has 0 radical (unpaired) electrons. The highest BCUT2D eigenvalue weighted by molar-refractivity contribution is 7.92. The maximum atomic E-state index is 13.5. The number of ether oxygens (including phenoxy) is 2. The Morgan fingerprint density at radius 3 is 2.51 bits per heavy atom. The Bertz CT molecular complexity index is 1510. The lowest BCUT2D eigenvalue weighted by Gasteiger charge is -2.30. The first-order valence-electron chi connectivity index (χ1n) is 11.9. The number of aromatic amines is 1. The van der Waals surface area contributed by atoms with Crippen molar-refractivity contribution in [2.24, 2.45) is 0 Å². The molecule has 4 aromatic rings. The monoisotopic (exact) mass is 520 g/mol. The molecule has 1 aliphatic heterocycles. The maximum absolute atomic E-state index is 13.5. The maximum Gasteiger partial charge on any atom is 0.264 e. The largest absolute Gasteiger partial charge is 0.497 e. The number of carbonyl (C=O) groups is 1. The molecule has 192 valence electrons. The third-order valence-corrected chi connectivity index (χ3v) is 7.66. The van der Waals surface area contributed by atoms with Gasteiger partial charge in [0.25, 0.3) is 10.0 Å². The smallest absolute Gasteiger partial charge is 0.264 e. The Labute approximate surface area is 215 Å². The molecule has 1 aliphatic rings. The molecule has 1 amide bonds. The Morgan fingerprint density at radius 2 is 1.76 bits per heavy atom. The number of carbonyl (C=O) groups excluding carboxylic acids is 1. The molecular weight excluding hydrogens is 492 g/mol. The minimum Gasteiger partial charge on any atom is -0.497 e. The van der Waals surface area contributed by atoms with Gasteiger partial charge in [-0.15, -0.1) is 0 Å². The number of H-pyrrole nitrogens is 1. The zero-order valence-electron chi connectivity index (χ0n) is 20.4. The first kappa shape index (κ1) is 24.7. The molecule has 5 rings (SSSR count). The molecule has 0 saturated carbocycles. The van der Waals surface area contributed by atoms with Crippen molar-refractivity contribution < 1.29 is 22.7 Å². The molecule has 0 unspecified atom stereocenters. The van der Waals surface area contributed by atoms with E-state index in [1.54, 1.807) is 43.5 Å². The van der Waals surface area contributed by atoms with Gasteiger partial charge in [-0.25, -0.2) is 8.42 Å². The number of hydrogen-bond acceptors (Lipinski definition) is 6. The minimum absolute atomic E-state index is 0.0788. The van der Waals surface area contributed by atoms with Crippen LogP contribution in [0.15, 0.2) is 77.8 Å². The predicted molar refractivity (Wildman–Crippen MR) is 144 cm³/mol. The SMILES string of the molecule is COc1ccc(NS(=O)(=O)c2cc(NC(=O)Cc3c[nH]c4ccccc34)ccc2N2CCOCC2)cc1. The van der Waals surface area contributed by atoms with E-state index in [2.05, 4.69) is 15.0 Å². The number of amides is 1. The third-order valence-electron chi connectivity index (χ3n) is 6.25. The van der Waals surface area contributed by atoms with Crippen LogP contribution in [0.4, 0.5) is 17.1 Å². The number of hydrogen-bond donors (Lipinski definition) is 3. The van der Waals surface area contributed by atoms with Gasteiger partial charge in [0.15, 0.2) is 0 Å².